The van der Waals surface area contributed by atoms with E-state index in [-0.39, 0.29) is 11.5 Å². The van der Waals surface area contributed by atoms with Crippen LogP contribution in [-0.4, -0.2) is 16.1 Å². The van der Waals surface area contributed by atoms with Gasteiger partial charge in [0.25, 0.3) is 0 Å². The molecule has 2 rings (SSSR count). The zero-order valence-electron chi connectivity index (χ0n) is 13.6. The van der Waals surface area contributed by atoms with E-state index in [0.29, 0.717) is 0 Å². The van der Waals surface area contributed by atoms with Crippen molar-refractivity contribution in [2.75, 3.05) is 6.54 Å². The molecule has 21 heavy (non-hydrogen) atoms. The summed E-state index contributed by atoms with van der Waals surface area (Å²) in [5.74, 6) is 0. The standard InChI is InChI=1S/C17H25N3S/c1-6-11-18-14(13-9-7-12(2)8-10-13)15-16(17(3,4)5)19-20-21-15/h7-10,14,18H,6,11H2,1-5H3. The first kappa shape index (κ1) is 16.1. The highest BCUT2D eigenvalue weighted by Crippen LogP contribution is 2.33. The third-order valence-corrected chi connectivity index (χ3v) is 4.28. The maximum Gasteiger partial charge on any atom is 0.0860 e. The largest absolute Gasteiger partial charge is 0.305 e. The van der Waals surface area contributed by atoms with Gasteiger partial charge in [0.15, 0.2) is 0 Å². The first-order chi connectivity index (χ1) is 9.93. The molecule has 0 aliphatic rings. The van der Waals surface area contributed by atoms with E-state index in [2.05, 4.69) is 73.8 Å². The Morgan fingerprint density at radius 3 is 2.43 bits per heavy atom. The molecule has 1 aromatic heterocycles. The van der Waals surface area contributed by atoms with Crippen molar-refractivity contribution in [3.63, 3.8) is 0 Å². The van der Waals surface area contributed by atoms with Gasteiger partial charge in [-0.2, -0.15) is 0 Å². The van der Waals surface area contributed by atoms with Gasteiger partial charge in [0, 0.05) is 5.41 Å². The lowest BCUT2D eigenvalue weighted by Gasteiger charge is -2.23. The first-order valence-corrected chi connectivity index (χ1v) is 8.33. The molecule has 0 radical (unpaired) electrons. The van der Waals surface area contributed by atoms with E-state index in [9.17, 15) is 0 Å². The molecule has 2 aromatic rings. The summed E-state index contributed by atoms with van der Waals surface area (Å²) in [6, 6.07) is 8.92. The van der Waals surface area contributed by atoms with Crippen LogP contribution in [0.4, 0.5) is 0 Å². The minimum Gasteiger partial charge on any atom is -0.305 e. The molecule has 0 aliphatic carbocycles. The van der Waals surface area contributed by atoms with Gasteiger partial charge in [-0.15, -0.1) is 5.10 Å². The summed E-state index contributed by atoms with van der Waals surface area (Å²) in [6.45, 7) is 11.9. The van der Waals surface area contributed by atoms with Crippen molar-refractivity contribution in [1.29, 1.82) is 0 Å². The van der Waals surface area contributed by atoms with Crippen molar-refractivity contribution in [1.82, 2.24) is 14.9 Å². The fraction of sp³-hybridized carbons (Fsp3) is 0.529. The Hall–Kier alpha value is -1.26. The molecular weight excluding hydrogens is 278 g/mol. The summed E-state index contributed by atoms with van der Waals surface area (Å²) < 4.78 is 4.21. The van der Waals surface area contributed by atoms with Crippen molar-refractivity contribution < 1.29 is 0 Å². The van der Waals surface area contributed by atoms with Gasteiger partial charge in [-0.3, -0.25) is 0 Å². The third-order valence-electron chi connectivity index (χ3n) is 3.50. The normalized spacial score (nSPS) is 13.4. The Labute approximate surface area is 132 Å². The predicted molar refractivity (Wildman–Crippen MR) is 89.9 cm³/mol. The molecule has 1 N–H and O–H groups in total. The maximum absolute atomic E-state index is 4.39. The Kier molecular flexibility index (Phi) is 5.12. The Bertz CT molecular complexity index is 566. The lowest BCUT2D eigenvalue weighted by molar-refractivity contribution is 0.538. The van der Waals surface area contributed by atoms with Gasteiger partial charge in [0.1, 0.15) is 0 Å². The molecule has 3 nitrogen and oxygen atoms in total. The van der Waals surface area contributed by atoms with E-state index in [4.69, 9.17) is 0 Å². The average molecular weight is 303 g/mol. The van der Waals surface area contributed by atoms with Crippen molar-refractivity contribution in [3.8, 4) is 0 Å². The number of rotatable bonds is 5. The van der Waals surface area contributed by atoms with Crippen LogP contribution in [0.5, 0.6) is 0 Å². The van der Waals surface area contributed by atoms with Crippen LogP contribution in [0.15, 0.2) is 24.3 Å². The van der Waals surface area contributed by atoms with Gasteiger partial charge >= 0.3 is 0 Å². The van der Waals surface area contributed by atoms with E-state index in [0.717, 1.165) is 18.7 Å². The SMILES string of the molecule is CCCNC(c1ccc(C)cc1)c1snnc1C(C)(C)C. The van der Waals surface area contributed by atoms with E-state index in [1.165, 1.54) is 27.5 Å². The maximum atomic E-state index is 4.39. The molecule has 0 aliphatic heterocycles. The van der Waals surface area contributed by atoms with Crippen molar-refractivity contribution >= 4 is 11.5 Å². The zero-order valence-corrected chi connectivity index (χ0v) is 14.4. The van der Waals surface area contributed by atoms with Crippen LogP contribution in [0.25, 0.3) is 0 Å². The number of benzene rings is 1. The smallest absolute Gasteiger partial charge is 0.0860 e. The van der Waals surface area contributed by atoms with E-state index in [1.807, 2.05) is 0 Å². The lowest BCUT2D eigenvalue weighted by Crippen LogP contribution is -2.25. The number of aromatic nitrogens is 2. The molecule has 0 saturated heterocycles. The molecule has 1 atom stereocenters. The molecule has 0 bridgehead atoms. The Balaban J connectivity index is 2.41. The topological polar surface area (TPSA) is 37.8 Å². The second-order valence-electron chi connectivity index (χ2n) is 6.53. The highest BCUT2D eigenvalue weighted by atomic mass is 32.1. The molecule has 1 unspecified atom stereocenters. The van der Waals surface area contributed by atoms with Crippen molar-refractivity contribution in [2.24, 2.45) is 0 Å². The van der Waals surface area contributed by atoms with Crippen LogP contribution in [-0.2, 0) is 5.41 Å². The number of aryl methyl sites for hydroxylation is 1. The number of hydrogen-bond acceptors (Lipinski definition) is 4. The Morgan fingerprint density at radius 2 is 1.86 bits per heavy atom. The van der Waals surface area contributed by atoms with Crippen molar-refractivity contribution in [2.45, 2.75) is 52.5 Å². The third kappa shape index (κ3) is 3.89. The summed E-state index contributed by atoms with van der Waals surface area (Å²) in [5.41, 5.74) is 3.68. The van der Waals surface area contributed by atoms with Gasteiger partial charge < -0.3 is 5.32 Å². The second kappa shape index (κ2) is 6.67. The molecule has 0 spiro atoms. The molecule has 114 valence electrons. The summed E-state index contributed by atoms with van der Waals surface area (Å²) in [7, 11) is 0. The molecule has 1 aromatic carbocycles. The van der Waals surface area contributed by atoms with E-state index < -0.39 is 0 Å². The monoisotopic (exact) mass is 303 g/mol. The highest BCUT2D eigenvalue weighted by Gasteiger charge is 2.27. The average Bonchev–Trinajstić information content (AvgIpc) is 2.90. The van der Waals surface area contributed by atoms with Crippen LogP contribution in [0.1, 0.15) is 61.9 Å². The Morgan fingerprint density at radius 1 is 1.19 bits per heavy atom. The van der Waals surface area contributed by atoms with Crippen LogP contribution < -0.4 is 5.32 Å². The van der Waals surface area contributed by atoms with Crippen LogP contribution >= 0.6 is 11.5 Å². The molecule has 1 heterocycles. The first-order valence-electron chi connectivity index (χ1n) is 7.56. The minimum atomic E-state index is 0.0131. The van der Waals surface area contributed by atoms with Gasteiger partial charge in [-0.25, -0.2) is 0 Å². The summed E-state index contributed by atoms with van der Waals surface area (Å²) >= 11 is 1.51. The zero-order chi connectivity index (χ0) is 15.5. The van der Waals surface area contributed by atoms with E-state index in [1.54, 1.807) is 0 Å². The van der Waals surface area contributed by atoms with Crippen molar-refractivity contribution in [3.05, 3.63) is 46.0 Å². The molecule has 0 fully saturated rings. The number of hydrogen-bond donors (Lipinski definition) is 1. The molecule has 4 heteroatoms. The van der Waals surface area contributed by atoms with Gasteiger partial charge in [0.2, 0.25) is 0 Å². The minimum absolute atomic E-state index is 0.0131. The van der Waals surface area contributed by atoms with Crippen LogP contribution in [0.2, 0.25) is 0 Å². The number of nitrogens with one attached hydrogen (secondary N) is 1. The molecule has 0 amide bonds. The van der Waals surface area contributed by atoms with Crippen LogP contribution in [0.3, 0.4) is 0 Å². The van der Waals surface area contributed by atoms with Gasteiger partial charge in [-0.05, 0) is 37.0 Å². The summed E-state index contributed by atoms with van der Waals surface area (Å²) in [5, 5.41) is 8.04. The van der Waals surface area contributed by atoms with Gasteiger partial charge in [-0.1, -0.05) is 62.0 Å². The predicted octanol–water partition coefficient (Wildman–Crippen LogP) is 4.23. The summed E-state index contributed by atoms with van der Waals surface area (Å²) in [4.78, 5) is 1.24. The summed E-state index contributed by atoms with van der Waals surface area (Å²) in [6.07, 6.45) is 1.11. The fourth-order valence-electron chi connectivity index (χ4n) is 2.32. The quantitative estimate of drug-likeness (QED) is 0.898. The van der Waals surface area contributed by atoms with E-state index >= 15 is 0 Å². The molecule has 0 saturated carbocycles. The van der Waals surface area contributed by atoms with Crippen LogP contribution in [0, 0.1) is 6.92 Å². The highest BCUT2D eigenvalue weighted by molar-refractivity contribution is 7.05. The lowest BCUT2D eigenvalue weighted by atomic mass is 9.88. The van der Waals surface area contributed by atoms with Gasteiger partial charge in [0.05, 0.1) is 16.6 Å². The molecular formula is C17H25N3S. The fourth-order valence-corrected chi connectivity index (χ4v) is 3.29. The number of nitrogens with zero attached hydrogens (tertiary/aromatic N) is 2. The second-order valence-corrected chi connectivity index (χ2v) is 7.32.